The zero-order chi connectivity index (χ0) is 16.8. The molecule has 0 radical (unpaired) electrons. The van der Waals surface area contributed by atoms with Gasteiger partial charge in [0.15, 0.2) is 5.96 Å². The summed E-state index contributed by atoms with van der Waals surface area (Å²) in [6, 6.07) is 0. The Morgan fingerprint density at radius 1 is 1.17 bits per heavy atom. The van der Waals surface area contributed by atoms with Crippen molar-refractivity contribution < 1.29 is 14.2 Å². The van der Waals surface area contributed by atoms with Crippen LogP contribution >= 0.6 is 24.0 Å². The number of halogens is 1. The third-order valence-corrected chi connectivity index (χ3v) is 3.69. The highest BCUT2D eigenvalue weighted by Gasteiger charge is 2.14. The molecule has 1 unspecified atom stereocenters. The van der Waals surface area contributed by atoms with Crippen molar-refractivity contribution in [2.24, 2.45) is 10.9 Å². The first-order valence-electron chi connectivity index (χ1n) is 8.94. The topological polar surface area (TPSA) is 64.1 Å². The van der Waals surface area contributed by atoms with Crippen LogP contribution in [0.4, 0.5) is 0 Å². The Balaban J connectivity index is 0.00000529. The second-order valence-corrected chi connectivity index (χ2v) is 6.28. The molecule has 1 aliphatic rings. The first-order chi connectivity index (χ1) is 11.2. The van der Waals surface area contributed by atoms with Gasteiger partial charge in [0.05, 0.1) is 19.3 Å². The standard InChI is InChI=1S/C17H35N3O3.HI/c1-15(2)7-12-21-13-9-20-17(18-3)19-8-5-10-22-14-16-6-4-11-23-16;/h15-16H,4-14H2,1-3H3,(H2,18,19,20);1H. The Hall–Kier alpha value is -0.120. The molecule has 0 aromatic rings. The molecule has 0 bridgehead atoms. The van der Waals surface area contributed by atoms with Crippen LogP contribution in [0.2, 0.25) is 0 Å². The van der Waals surface area contributed by atoms with Crippen molar-refractivity contribution in [3.8, 4) is 0 Å². The molecule has 0 aliphatic carbocycles. The van der Waals surface area contributed by atoms with Crippen molar-refractivity contribution in [2.75, 3.05) is 53.2 Å². The lowest BCUT2D eigenvalue weighted by Gasteiger charge is -2.13. The molecule has 0 aromatic carbocycles. The third kappa shape index (κ3) is 13.2. The zero-order valence-corrected chi connectivity index (χ0v) is 17.8. The van der Waals surface area contributed by atoms with E-state index in [1.54, 1.807) is 7.05 Å². The van der Waals surface area contributed by atoms with Crippen LogP contribution in [-0.4, -0.2) is 65.2 Å². The average molecular weight is 457 g/mol. The minimum atomic E-state index is 0. The van der Waals surface area contributed by atoms with Gasteiger partial charge in [0.1, 0.15) is 0 Å². The molecule has 1 aliphatic heterocycles. The van der Waals surface area contributed by atoms with E-state index in [1.165, 1.54) is 6.42 Å². The van der Waals surface area contributed by atoms with Gasteiger partial charge < -0.3 is 24.8 Å². The number of hydrogen-bond acceptors (Lipinski definition) is 4. The number of ether oxygens (including phenoxy) is 3. The quantitative estimate of drug-likeness (QED) is 0.204. The molecule has 0 amide bonds. The van der Waals surface area contributed by atoms with E-state index >= 15 is 0 Å². The van der Waals surface area contributed by atoms with Crippen LogP contribution in [0.1, 0.15) is 39.5 Å². The minimum absolute atomic E-state index is 0. The van der Waals surface area contributed by atoms with Crippen molar-refractivity contribution in [3.63, 3.8) is 0 Å². The monoisotopic (exact) mass is 457 g/mol. The van der Waals surface area contributed by atoms with Gasteiger partial charge >= 0.3 is 0 Å². The largest absolute Gasteiger partial charge is 0.380 e. The van der Waals surface area contributed by atoms with Crippen LogP contribution < -0.4 is 10.6 Å². The summed E-state index contributed by atoms with van der Waals surface area (Å²) in [5, 5.41) is 6.53. The Bertz CT molecular complexity index is 311. The summed E-state index contributed by atoms with van der Waals surface area (Å²) in [6.45, 7) is 9.93. The summed E-state index contributed by atoms with van der Waals surface area (Å²) in [6.07, 6.45) is 4.68. The summed E-state index contributed by atoms with van der Waals surface area (Å²) in [4.78, 5) is 4.19. The molecule has 1 heterocycles. The van der Waals surface area contributed by atoms with E-state index in [1.807, 2.05) is 0 Å². The molecule has 0 spiro atoms. The Labute approximate surface area is 164 Å². The fraction of sp³-hybridized carbons (Fsp3) is 0.941. The second-order valence-electron chi connectivity index (χ2n) is 6.28. The minimum Gasteiger partial charge on any atom is -0.380 e. The van der Waals surface area contributed by atoms with E-state index in [9.17, 15) is 0 Å². The first kappa shape index (κ1) is 23.9. The number of hydrogen-bond donors (Lipinski definition) is 2. The fourth-order valence-electron chi connectivity index (χ4n) is 2.25. The maximum atomic E-state index is 5.63. The SMILES string of the molecule is CN=C(NCCCOCC1CCCO1)NCCOCCC(C)C.I. The molecule has 1 fully saturated rings. The molecule has 2 N–H and O–H groups in total. The van der Waals surface area contributed by atoms with E-state index in [2.05, 4.69) is 29.5 Å². The number of rotatable bonds is 12. The summed E-state index contributed by atoms with van der Waals surface area (Å²) in [7, 11) is 1.78. The second kappa shape index (κ2) is 16.4. The van der Waals surface area contributed by atoms with Crippen LogP contribution in [0.25, 0.3) is 0 Å². The number of aliphatic imine (C=N–C) groups is 1. The number of nitrogens with one attached hydrogen (secondary N) is 2. The van der Waals surface area contributed by atoms with Gasteiger partial charge in [-0.3, -0.25) is 4.99 Å². The van der Waals surface area contributed by atoms with Crippen LogP contribution in [0.15, 0.2) is 4.99 Å². The smallest absolute Gasteiger partial charge is 0.191 e. The van der Waals surface area contributed by atoms with E-state index in [0.717, 1.165) is 64.7 Å². The van der Waals surface area contributed by atoms with Gasteiger partial charge in [-0.25, -0.2) is 0 Å². The fourth-order valence-corrected chi connectivity index (χ4v) is 2.25. The summed E-state index contributed by atoms with van der Waals surface area (Å²) in [5.41, 5.74) is 0. The van der Waals surface area contributed by atoms with Crippen LogP contribution in [-0.2, 0) is 14.2 Å². The van der Waals surface area contributed by atoms with Gasteiger partial charge in [0.2, 0.25) is 0 Å². The molecule has 1 saturated heterocycles. The van der Waals surface area contributed by atoms with Crippen molar-refractivity contribution in [1.82, 2.24) is 10.6 Å². The van der Waals surface area contributed by atoms with Crippen LogP contribution in [0.3, 0.4) is 0 Å². The maximum absolute atomic E-state index is 5.63. The molecule has 24 heavy (non-hydrogen) atoms. The molecular weight excluding hydrogens is 421 g/mol. The van der Waals surface area contributed by atoms with Crippen molar-refractivity contribution in [2.45, 2.75) is 45.6 Å². The molecule has 0 aromatic heterocycles. The predicted octanol–water partition coefficient (Wildman–Crippen LogP) is 2.42. The first-order valence-corrected chi connectivity index (χ1v) is 8.94. The number of guanidine groups is 1. The van der Waals surface area contributed by atoms with Gasteiger partial charge in [0, 0.05) is 40.0 Å². The van der Waals surface area contributed by atoms with E-state index in [-0.39, 0.29) is 24.0 Å². The van der Waals surface area contributed by atoms with Crippen molar-refractivity contribution in [1.29, 1.82) is 0 Å². The summed E-state index contributed by atoms with van der Waals surface area (Å²) in [5.74, 6) is 1.51. The van der Waals surface area contributed by atoms with Crippen LogP contribution in [0.5, 0.6) is 0 Å². The maximum Gasteiger partial charge on any atom is 0.191 e. The normalized spacial score (nSPS) is 17.8. The van der Waals surface area contributed by atoms with Crippen molar-refractivity contribution >= 4 is 29.9 Å². The van der Waals surface area contributed by atoms with Gasteiger partial charge in [-0.1, -0.05) is 13.8 Å². The molecule has 144 valence electrons. The lowest BCUT2D eigenvalue weighted by Crippen LogP contribution is -2.39. The van der Waals surface area contributed by atoms with Gasteiger partial charge in [-0.15, -0.1) is 24.0 Å². The summed E-state index contributed by atoms with van der Waals surface area (Å²) >= 11 is 0. The molecule has 6 nitrogen and oxygen atoms in total. The zero-order valence-electron chi connectivity index (χ0n) is 15.5. The lowest BCUT2D eigenvalue weighted by molar-refractivity contribution is 0.0168. The molecule has 1 atom stereocenters. The highest BCUT2D eigenvalue weighted by molar-refractivity contribution is 14.0. The van der Waals surface area contributed by atoms with E-state index in [4.69, 9.17) is 14.2 Å². The van der Waals surface area contributed by atoms with Gasteiger partial charge in [-0.05, 0) is 31.6 Å². The Morgan fingerprint density at radius 3 is 2.62 bits per heavy atom. The molecule has 0 saturated carbocycles. The molecule has 1 rings (SSSR count). The highest BCUT2D eigenvalue weighted by Crippen LogP contribution is 2.11. The molecular formula is C17H36IN3O3. The Morgan fingerprint density at radius 2 is 1.96 bits per heavy atom. The van der Waals surface area contributed by atoms with E-state index < -0.39 is 0 Å². The summed E-state index contributed by atoms with van der Waals surface area (Å²) < 4.78 is 16.7. The average Bonchev–Trinajstić information content (AvgIpc) is 3.04. The highest BCUT2D eigenvalue weighted by atomic mass is 127. The van der Waals surface area contributed by atoms with E-state index in [0.29, 0.717) is 18.6 Å². The van der Waals surface area contributed by atoms with Gasteiger partial charge in [-0.2, -0.15) is 0 Å². The molecule has 7 heteroatoms. The van der Waals surface area contributed by atoms with Gasteiger partial charge in [0.25, 0.3) is 0 Å². The predicted molar refractivity (Wildman–Crippen MR) is 109 cm³/mol. The van der Waals surface area contributed by atoms with Crippen LogP contribution in [0, 0.1) is 5.92 Å². The van der Waals surface area contributed by atoms with Crippen molar-refractivity contribution in [3.05, 3.63) is 0 Å². The Kier molecular flexibility index (Phi) is 16.3. The number of nitrogens with zero attached hydrogens (tertiary/aromatic N) is 1. The third-order valence-electron chi connectivity index (χ3n) is 3.69. The lowest BCUT2D eigenvalue weighted by atomic mass is 10.1.